The molecule has 0 unspecified atom stereocenters. The van der Waals surface area contributed by atoms with Crippen LogP contribution >= 0.6 is 11.3 Å². The number of hydrogen-bond donors (Lipinski definition) is 2. The van der Waals surface area contributed by atoms with Crippen LogP contribution in [0.2, 0.25) is 0 Å². The van der Waals surface area contributed by atoms with E-state index in [1.165, 1.54) is 15.3 Å². The predicted octanol–water partition coefficient (Wildman–Crippen LogP) is 3.64. The standard InChI is InChI=1S/C14H15F2NOS/c1-8-3-11(19-9(8)2)7-17-6-10-4-12(15)14(18)13(16)5-10/h3-5,17-18H,6-7H2,1-2H3. The molecule has 2 N–H and O–H groups in total. The Labute approximate surface area is 114 Å². The fourth-order valence-electron chi connectivity index (χ4n) is 1.79. The van der Waals surface area contributed by atoms with Gasteiger partial charge in [-0.25, -0.2) is 8.78 Å². The summed E-state index contributed by atoms with van der Waals surface area (Å²) in [6, 6.07) is 4.37. The highest BCUT2D eigenvalue weighted by molar-refractivity contribution is 7.12. The first kappa shape index (κ1) is 14.0. The molecule has 0 bridgehead atoms. The number of phenols is 1. The van der Waals surface area contributed by atoms with E-state index in [4.69, 9.17) is 5.11 Å². The summed E-state index contributed by atoms with van der Waals surface area (Å²) in [6.07, 6.45) is 0. The zero-order valence-corrected chi connectivity index (χ0v) is 11.6. The quantitative estimate of drug-likeness (QED) is 0.898. The van der Waals surface area contributed by atoms with Crippen molar-refractivity contribution in [3.63, 3.8) is 0 Å². The average molecular weight is 283 g/mol. The molecule has 0 aliphatic carbocycles. The molecule has 0 atom stereocenters. The highest BCUT2D eigenvalue weighted by atomic mass is 32.1. The van der Waals surface area contributed by atoms with Crippen LogP contribution in [0.15, 0.2) is 18.2 Å². The van der Waals surface area contributed by atoms with Crippen LogP contribution in [-0.2, 0) is 13.1 Å². The lowest BCUT2D eigenvalue weighted by Crippen LogP contribution is -2.12. The Bertz CT molecular complexity index is 553. The van der Waals surface area contributed by atoms with Crippen molar-refractivity contribution in [1.29, 1.82) is 0 Å². The van der Waals surface area contributed by atoms with Gasteiger partial charge in [-0.15, -0.1) is 11.3 Å². The average Bonchev–Trinajstić information content (AvgIpc) is 2.65. The molecular weight excluding hydrogens is 268 g/mol. The summed E-state index contributed by atoms with van der Waals surface area (Å²) in [5, 5.41) is 12.1. The molecule has 1 aromatic carbocycles. The van der Waals surface area contributed by atoms with Crippen molar-refractivity contribution in [2.45, 2.75) is 26.9 Å². The topological polar surface area (TPSA) is 32.3 Å². The van der Waals surface area contributed by atoms with Gasteiger partial charge >= 0.3 is 0 Å². The number of halogens is 2. The van der Waals surface area contributed by atoms with Crippen molar-refractivity contribution in [2.24, 2.45) is 0 Å². The van der Waals surface area contributed by atoms with E-state index in [9.17, 15) is 8.78 Å². The van der Waals surface area contributed by atoms with Gasteiger partial charge in [0.15, 0.2) is 17.4 Å². The number of nitrogens with one attached hydrogen (secondary N) is 1. The maximum atomic E-state index is 13.1. The molecule has 0 saturated carbocycles. The van der Waals surface area contributed by atoms with Gasteiger partial charge in [-0.2, -0.15) is 0 Å². The molecule has 0 radical (unpaired) electrons. The third kappa shape index (κ3) is 3.30. The van der Waals surface area contributed by atoms with E-state index in [1.54, 1.807) is 11.3 Å². The monoisotopic (exact) mass is 283 g/mol. The number of hydrogen-bond acceptors (Lipinski definition) is 3. The summed E-state index contributed by atoms with van der Waals surface area (Å²) >= 11 is 1.71. The number of benzene rings is 1. The van der Waals surface area contributed by atoms with Crippen LogP contribution in [0.25, 0.3) is 0 Å². The lowest BCUT2D eigenvalue weighted by Gasteiger charge is -2.05. The van der Waals surface area contributed by atoms with Crippen LogP contribution < -0.4 is 5.32 Å². The summed E-state index contributed by atoms with van der Waals surface area (Å²) in [5.74, 6) is -2.78. The van der Waals surface area contributed by atoms with Gasteiger partial charge in [0.1, 0.15) is 0 Å². The second-order valence-electron chi connectivity index (χ2n) is 4.46. The van der Waals surface area contributed by atoms with E-state index in [-0.39, 0.29) is 0 Å². The maximum absolute atomic E-state index is 13.1. The summed E-state index contributed by atoms with van der Waals surface area (Å²) in [6.45, 7) is 5.13. The predicted molar refractivity (Wildman–Crippen MR) is 72.4 cm³/mol. The van der Waals surface area contributed by atoms with Crippen LogP contribution in [0.3, 0.4) is 0 Å². The van der Waals surface area contributed by atoms with E-state index in [1.807, 2.05) is 0 Å². The van der Waals surface area contributed by atoms with Gasteiger partial charge in [-0.05, 0) is 43.2 Å². The fourth-order valence-corrected chi connectivity index (χ4v) is 2.81. The Balaban J connectivity index is 1.96. The lowest BCUT2D eigenvalue weighted by molar-refractivity contribution is 0.395. The van der Waals surface area contributed by atoms with Crippen molar-refractivity contribution < 1.29 is 13.9 Å². The highest BCUT2D eigenvalue weighted by Gasteiger charge is 2.09. The van der Waals surface area contributed by atoms with Crippen LogP contribution in [0, 0.1) is 25.5 Å². The molecule has 0 saturated heterocycles. The Morgan fingerprint density at radius 2 is 1.74 bits per heavy atom. The molecule has 0 spiro atoms. The molecular formula is C14H15F2NOS. The molecule has 5 heteroatoms. The lowest BCUT2D eigenvalue weighted by atomic mass is 10.2. The Morgan fingerprint density at radius 1 is 1.11 bits per heavy atom. The van der Waals surface area contributed by atoms with E-state index >= 15 is 0 Å². The number of aryl methyl sites for hydroxylation is 2. The van der Waals surface area contributed by atoms with Gasteiger partial charge in [0.05, 0.1) is 0 Å². The summed E-state index contributed by atoms with van der Waals surface area (Å²) in [5.41, 5.74) is 1.72. The van der Waals surface area contributed by atoms with Crippen molar-refractivity contribution in [3.05, 3.63) is 50.7 Å². The SMILES string of the molecule is Cc1cc(CNCc2cc(F)c(O)c(F)c2)sc1C. The largest absolute Gasteiger partial charge is 0.503 e. The Kier molecular flexibility index (Phi) is 4.17. The van der Waals surface area contributed by atoms with E-state index in [0.29, 0.717) is 18.7 Å². The first-order chi connectivity index (χ1) is 8.97. The minimum Gasteiger partial charge on any atom is -0.503 e. The van der Waals surface area contributed by atoms with Crippen molar-refractivity contribution in [3.8, 4) is 5.75 Å². The molecule has 1 aromatic heterocycles. The number of phenolic OH excluding ortho intramolecular Hbond substituents is 1. The summed E-state index contributed by atoms with van der Waals surface area (Å²) in [7, 11) is 0. The molecule has 0 fully saturated rings. The third-order valence-corrected chi connectivity index (χ3v) is 4.07. The van der Waals surface area contributed by atoms with Crippen molar-refractivity contribution >= 4 is 11.3 Å². The Morgan fingerprint density at radius 3 is 2.26 bits per heavy atom. The van der Waals surface area contributed by atoms with Gasteiger partial charge in [-0.1, -0.05) is 0 Å². The van der Waals surface area contributed by atoms with E-state index in [0.717, 1.165) is 12.1 Å². The number of aromatic hydroxyl groups is 1. The second kappa shape index (κ2) is 5.67. The third-order valence-electron chi connectivity index (χ3n) is 2.92. The smallest absolute Gasteiger partial charge is 0.187 e. The minimum absolute atomic E-state index is 0.351. The van der Waals surface area contributed by atoms with Gasteiger partial charge in [0.25, 0.3) is 0 Å². The fraction of sp³-hybridized carbons (Fsp3) is 0.286. The van der Waals surface area contributed by atoms with Crippen LogP contribution in [0.4, 0.5) is 8.78 Å². The molecule has 19 heavy (non-hydrogen) atoms. The van der Waals surface area contributed by atoms with Crippen LogP contribution in [0.5, 0.6) is 5.75 Å². The van der Waals surface area contributed by atoms with Crippen molar-refractivity contribution in [1.82, 2.24) is 5.32 Å². The van der Waals surface area contributed by atoms with Crippen LogP contribution in [0.1, 0.15) is 20.9 Å². The highest BCUT2D eigenvalue weighted by Crippen LogP contribution is 2.22. The molecule has 0 aliphatic heterocycles. The van der Waals surface area contributed by atoms with Crippen LogP contribution in [-0.4, -0.2) is 5.11 Å². The van der Waals surface area contributed by atoms with Gasteiger partial charge in [-0.3, -0.25) is 0 Å². The molecule has 1 heterocycles. The number of thiophene rings is 1. The first-order valence-electron chi connectivity index (χ1n) is 5.91. The molecule has 0 amide bonds. The van der Waals surface area contributed by atoms with E-state index < -0.39 is 17.4 Å². The Hall–Kier alpha value is -1.46. The first-order valence-corrected chi connectivity index (χ1v) is 6.72. The molecule has 2 nitrogen and oxygen atoms in total. The summed E-state index contributed by atoms with van der Waals surface area (Å²) < 4.78 is 26.3. The van der Waals surface area contributed by atoms with Gasteiger partial charge < -0.3 is 10.4 Å². The van der Waals surface area contributed by atoms with E-state index in [2.05, 4.69) is 25.2 Å². The zero-order chi connectivity index (χ0) is 14.0. The van der Waals surface area contributed by atoms with Gasteiger partial charge in [0, 0.05) is 22.8 Å². The second-order valence-corrected chi connectivity index (χ2v) is 5.80. The maximum Gasteiger partial charge on any atom is 0.187 e. The molecule has 102 valence electrons. The minimum atomic E-state index is -0.931. The summed E-state index contributed by atoms with van der Waals surface area (Å²) in [4.78, 5) is 2.47. The molecule has 2 rings (SSSR count). The zero-order valence-electron chi connectivity index (χ0n) is 10.8. The number of rotatable bonds is 4. The molecule has 0 aliphatic rings. The molecule has 2 aromatic rings. The van der Waals surface area contributed by atoms with Gasteiger partial charge in [0.2, 0.25) is 0 Å². The van der Waals surface area contributed by atoms with Crippen molar-refractivity contribution in [2.75, 3.05) is 0 Å². The normalized spacial score (nSPS) is 10.9.